The van der Waals surface area contributed by atoms with Gasteiger partial charge in [-0.25, -0.2) is 0 Å². The number of aliphatic hydroxyl groups excluding tert-OH is 2. The van der Waals surface area contributed by atoms with Crippen molar-refractivity contribution >= 4 is 11.9 Å². The summed E-state index contributed by atoms with van der Waals surface area (Å²) in [6.07, 6.45) is 55.7. The van der Waals surface area contributed by atoms with E-state index in [1.54, 1.807) is 6.08 Å². The molecule has 0 aliphatic carbocycles. The Hall–Kier alpha value is -1.92. The van der Waals surface area contributed by atoms with E-state index in [-0.39, 0.29) is 18.5 Å². The first-order valence-electron chi connectivity index (χ1n) is 24.8. The van der Waals surface area contributed by atoms with Crippen LogP contribution in [0.1, 0.15) is 251 Å². The fraction of sp³-hybridized carbons (Fsp3) is 0.843. The lowest BCUT2D eigenvalue weighted by Gasteiger charge is -2.19. The molecule has 0 radical (unpaired) electrons. The number of allylic oxidation sites excluding steroid dienone is 5. The molecule has 2 atom stereocenters. The van der Waals surface area contributed by atoms with E-state index in [2.05, 4.69) is 43.5 Å². The Bertz CT molecular complexity index is 931. The molecular formula is C51H95NO5. The normalized spacial score (nSPS) is 13.0. The molecule has 334 valence electrons. The minimum atomic E-state index is -0.876. The third-order valence-electron chi connectivity index (χ3n) is 11.1. The smallest absolute Gasteiger partial charge is 0.305 e. The zero-order chi connectivity index (χ0) is 41.5. The van der Waals surface area contributed by atoms with Crippen LogP contribution in [0.3, 0.4) is 0 Å². The second-order valence-electron chi connectivity index (χ2n) is 16.8. The molecule has 6 nitrogen and oxygen atoms in total. The molecule has 0 aromatic heterocycles. The molecule has 1 amide bonds. The van der Waals surface area contributed by atoms with Crippen LogP contribution in [0.2, 0.25) is 0 Å². The van der Waals surface area contributed by atoms with Crippen molar-refractivity contribution in [3.8, 4) is 0 Å². The number of rotatable bonds is 45. The summed E-state index contributed by atoms with van der Waals surface area (Å²) in [6.45, 7) is 4.79. The van der Waals surface area contributed by atoms with E-state index in [9.17, 15) is 19.8 Å². The molecule has 0 aromatic rings. The first-order chi connectivity index (χ1) is 28.0. The number of aliphatic hydroxyl groups is 2. The second-order valence-corrected chi connectivity index (χ2v) is 16.8. The van der Waals surface area contributed by atoms with Gasteiger partial charge in [0.2, 0.25) is 5.91 Å². The minimum Gasteiger partial charge on any atom is -0.466 e. The number of amides is 1. The van der Waals surface area contributed by atoms with Crippen molar-refractivity contribution in [2.45, 2.75) is 264 Å². The van der Waals surface area contributed by atoms with Crippen LogP contribution in [0.15, 0.2) is 36.5 Å². The van der Waals surface area contributed by atoms with Gasteiger partial charge < -0.3 is 20.3 Å². The molecule has 3 N–H and O–H groups in total. The molecule has 0 bridgehead atoms. The first-order valence-corrected chi connectivity index (χ1v) is 24.8. The highest BCUT2D eigenvalue weighted by atomic mass is 16.5. The molecule has 0 saturated heterocycles. The van der Waals surface area contributed by atoms with Crippen LogP contribution in [0.25, 0.3) is 0 Å². The Labute approximate surface area is 353 Å². The molecule has 0 aliphatic rings. The van der Waals surface area contributed by atoms with Gasteiger partial charge in [0.1, 0.15) is 0 Å². The van der Waals surface area contributed by atoms with Gasteiger partial charge in [-0.15, -0.1) is 0 Å². The topological polar surface area (TPSA) is 95.9 Å². The Kier molecular flexibility index (Phi) is 45.2. The monoisotopic (exact) mass is 802 g/mol. The molecular weight excluding hydrogens is 707 g/mol. The Morgan fingerprint density at radius 1 is 0.474 bits per heavy atom. The van der Waals surface area contributed by atoms with Crippen LogP contribution in [-0.2, 0) is 14.3 Å². The quantitative estimate of drug-likeness (QED) is 0.0324. The number of nitrogens with one attached hydrogen (secondary N) is 1. The van der Waals surface area contributed by atoms with Gasteiger partial charge in [-0.05, 0) is 77.0 Å². The summed E-state index contributed by atoms with van der Waals surface area (Å²) in [5.74, 6) is -0.176. The number of unbranched alkanes of at least 4 members (excludes halogenated alkanes) is 30. The van der Waals surface area contributed by atoms with E-state index in [0.717, 1.165) is 70.6 Å². The van der Waals surface area contributed by atoms with Gasteiger partial charge in [-0.2, -0.15) is 0 Å². The fourth-order valence-corrected chi connectivity index (χ4v) is 7.28. The van der Waals surface area contributed by atoms with Gasteiger partial charge >= 0.3 is 5.97 Å². The average Bonchev–Trinajstić information content (AvgIpc) is 3.21. The third kappa shape index (κ3) is 43.5. The van der Waals surface area contributed by atoms with Crippen molar-refractivity contribution in [1.29, 1.82) is 0 Å². The lowest BCUT2D eigenvalue weighted by atomic mass is 10.0. The van der Waals surface area contributed by atoms with Crippen LogP contribution < -0.4 is 5.32 Å². The lowest BCUT2D eigenvalue weighted by molar-refractivity contribution is -0.143. The van der Waals surface area contributed by atoms with Crippen molar-refractivity contribution in [3.63, 3.8) is 0 Å². The largest absolute Gasteiger partial charge is 0.466 e. The standard InChI is InChI=1S/C51H95NO5/c1-3-5-7-9-11-13-15-17-19-20-21-22-24-27-31-35-39-43-49(54)48(47-53)52-50(55)44-40-36-32-28-26-30-34-38-42-46-57-51(56)45-41-37-33-29-25-23-18-16-14-12-10-8-6-4-2/h16,18,28,32,39,43,48-49,53-54H,3-15,17,19-27,29-31,33-38,40-42,44-47H2,1-2H3,(H,52,55)/b18-16-,32-28-,43-39+. The average molecular weight is 802 g/mol. The maximum Gasteiger partial charge on any atom is 0.305 e. The number of carbonyl (C=O) groups excluding carboxylic acids is 2. The van der Waals surface area contributed by atoms with Crippen molar-refractivity contribution < 1.29 is 24.5 Å². The summed E-state index contributed by atoms with van der Waals surface area (Å²) in [6, 6.07) is -0.666. The van der Waals surface area contributed by atoms with Gasteiger partial charge in [0.05, 0.1) is 25.4 Å². The van der Waals surface area contributed by atoms with Crippen molar-refractivity contribution in [2.24, 2.45) is 0 Å². The Morgan fingerprint density at radius 2 is 0.842 bits per heavy atom. The highest BCUT2D eigenvalue weighted by Gasteiger charge is 2.17. The number of esters is 1. The van der Waals surface area contributed by atoms with Gasteiger partial charge in [0.15, 0.2) is 0 Å². The van der Waals surface area contributed by atoms with Gasteiger partial charge in [-0.1, -0.05) is 198 Å². The Balaban J connectivity index is 3.60. The summed E-state index contributed by atoms with van der Waals surface area (Å²) in [7, 11) is 0. The lowest BCUT2D eigenvalue weighted by Crippen LogP contribution is -2.45. The number of hydrogen-bond donors (Lipinski definition) is 3. The zero-order valence-electron chi connectivity index (χ0n) is 37.8. The third-order valence-corrected chi connectivity index (χ3v) is 11.1. The number of hydrogen-bond acceptors (Lipinski definition) is 5. The maximum atomic E-state index is 12.4. The minimum absolute atomic E-state index is 0.0471. The summed E-state index contributed by atoms with van der Waals surface area (Å²) < 4.78 is 5.42. The van der Waals surface area contributed by atoms with Gasteiger partial charge in [0, 0.05) is 12.8 Å². The van der Waals surface area contributed by atoms with Gasteiger partial charge in [0.25, 0.3) is 0 Å². The molecule has 0 aromatic carbocycles. The predicted molar refractivity (Wildman–Crippen MR) is 246 cm³/mol. The molecule has 2 unspecified atom stereocenters. The van der Waals surface area contributed by atoms with E-state index in [4.69, 9.17) is 4.74 Å². The van der Waals surface area contributed by atoms with Crippen LogP contribution in [0.5, 0.6) is 0 Å². The van der Waals surface area contributed by atoms with Gasteiger partial charge in [-0.3, -0.25) is 9.59 Å². The number of ether oxygens (including phenoxy) is 1. The molecule has 0 aliphatic heterocycles. The molecule has 57 heavy (non-hydrogen) atoms. The fourth-order valence-electron chi connectivity index (χ4n) is 7.28. The van der Waals surface area contributed by atoms with Crippen LogP contribution in [0.4, 0.5) is 0 Å². The zero-order valence-corrected chi connectivity index (χ0v) is 37.8. The molecule has 0 spiro atoms. The molecule has 0 heterocycles. The summed E-state index contributed by atoms with van der Waals surface area (Å²) in [4.78, 5) is 24.4. The molecule has 0 fully saturated rings. The predicted octanol–water partition coefficient (Wildman–Crippen LogP) is 14.5. The summed E-state index contributed by atoms with van der Waals surface area (Å²) in [5, 5.41) is 23.0. The maximum absolute atomic E-state index is 12.4. The Morgan fingerprint density at radius 3 is 1.28 bits per heavy atom. The molecule has 0 rings (SSSR count). The van der Waals surface area contributed by atoms with E-state index < -0.39 is 12.1 Å². The van der Waals surface area contributed by atoms with Crippen LogP contribution in [-0.4, -0.2) is 47.4 Å². The van der Waals surface area contributed by atoms with Crippen molar-refractivity contribution in [3.05, 3.63) is 36.5 Å². The van der Waals surface area contributed by atoms with Crippen molar-refractivity contribution in [2.75, 3.05) is 13.2 Å². The van der Waals surface area contributed by atoms with Crippen molar-refractivity contribution in [1.82, 2.24) is 5.32 Å². The summed E-state index contributed by atoms with van der Waals surface area (Å²) >= 11 is 0. The van der Waals surface area contributed by atoms with Crippen LogP contribution >= 0.6 is 0 Å². The van der Waals surface area contributed by atoms with E-state index in [0.29, 0.717) is 19.4 Å². The van der Waals surface area contributed by atoms with E-state index in [1.165, 1.54) is 154 Å². The highest BCUT2D eigenvalue weighted by molar-refractivity contribution is 5.76. The second kappa shape index (κ2) is 46.8. The summed E-state index contributed by atoms with van der Waals surface area (Å²) in [5.41, 5.74) is 0. The SMILES string of the molecule is CCCCCCC/C=C\CCCCCCCC(=O)OCCCCCC/C=C\CCCC(=O)NC(CO)C(O)/C=C/CCCCCCCCCCCCCCCCC. The first kappa shape index (κ1) is 55.1. The number of carbonyl (C=O) groups is 2. The molecule has 0 saturated carbocycles. The van der Waals surface area contributed by atoms with Crippen LogP contribution in [0, 0.1) is 0 Å². The highest BCUT2D eigenvalue weighted by Crippen LogP contribution is 2.15. The van der Waals surface area contributed by atoms with E-state index >= 15 is 0 Å². The van der Waals surface area contributed by atoms with E-state index in [1.807, 2.05) is 6.08 Å². The molecule has 6 heteroatoms.